The van der Waals surface area contributed by atoms with E-state index in [-0.39, 0.29) is 17.7 Å². The van der Waals surface area contributed by atoms with Gasteiger partial charge >= 0.3 is 0 Å². The molecule has 0 aliphatic carbocycles. The topological polar surface area (TPSA) is 91.0 Å². The van der Waals surface area contributed by atoms with Crippen LogP contribution in [-0.4, -0.2) is 44.5 Å². The fourth-order valence-corrected chi connectivity index (χ4v) is 4.09. The van der Waals surface area contributed by atoms with E-state index in [4.69, 9.17) is 0 Å². The highest BCUT2D eigenvalue weighted by Gasteiger charge is 2.36. The van der Waals surface area contributed by atoms with Gasteiger partial charge in [0.25, 0.3) is 5.91 Å². The van der Waals surface area contributed by atoms with Gasteiger partial charge in [0.15, 0.2) is 10.8 Å². The summed E-state index contributed by atoms with van der Waals surface area (Å²) in [6.07, 6.45) is 3.06. The lowest BCUT2D eigenvalue weighted by Crippen LogP contribution is -2.43. The fraction of sp³-hybridized carbons (Fsp3) is 0.467. The van der Waals surface area contributed by atoms with E-state index < -0.39 is 6.04 Å². The van der Waals surface area contributed by atoms with Crippen LogP contribution in [0.25, 0.3) is 0 Å². The first kappa shape index (κ1) is 17.1. The van der Waals surface area contributed by atoms with Gasteiger partial charge in [-0.3, -0.25) is 14.7 Å². The third-order valence-electron chi connectivity index (χ3n) is 3.99. The summed E-state index contributed by atoms with van der Waals surface area (Å²) >= 11 is 4.81. The molecule has 9 heteroatoms. The second-order valence-electron chi connectivity index (χ2n) is 5.94. The van der Waals surface area contributed by atoms with Crippen molar-refractivity contribution in [2.75, 3.05) is 11.9 Å². The first-order chi connectivity index (χ1) is 11.5. The Balaban J connectivity index is 1.77. The van der Waals surface area contributed by atoms with Crippen LogP contribution in [0.3, 0.4) is 0 Å². The average molecular weight is 412 g/mol. The van der Waals surface area contributed by atoms with Crippen LogP contribution in [0.2, 0.25) is 0 Å². The van der Waals surface area contributed by atoms with Gasteiger partial charge in [-0.05, 0) is 34.7 Å². The minimum atomic E-state index is -0.493. The third-order valence-corrected chi connectivity index (χ3v) is 5.48. The van der Waals surface area contributed by atoms with E-state index in [1.807, 2.05) is 13.8 Å². The van der Waals surface area contributed by atoms with Crippen LogP contribution in [0, 0.1) is 0 Å². The van der Waals surface area contributed by atoms with Crippen molar-refractivity contribution in [1.82, 2.24) is 20.1 Å². The van der Waals surface area contributed by atoms with Crippen molar-refractivity contribution in [2.24, 2.45) is 0 Å². The summed E-state index contributed by atoms with van der Waals surface area (Å²) in [7, 11) is 0. The SMILES string of the molecule is CC(C)c1[nH]nc(C(=O)N2CCCC2C(=O)Nc2nccs2)c1Br. The number of hydrogen-bond donors (Lipinski definition) is 2. The van der Waals surface area contributed by atoms with Crippen molar-refractivity contribution in [1.29, 1.82) is 0 Å². The zero-order valence-corrected chi connectivity index (χ0v) is 15.8. The number of likely N-dealkylation sites (tertiary alicyclic amines) is 1. The van der Waals surface area contributed by atoms with Crippen LogP contribution < -0.4 is 5.32 Å². The van der Waals surface area contributed by atoms with Crippen molar-refractivity contribution in [3.8, 4) is 0 Å². The van der Waals surface area contributed by atoms with Gasteiger partial charge in [-0.15, -0.1) is 11.3 Å². The highest BCUT2D eigenvalue weighted by atomic mass is 79.9. The maximum Gasteiger partial charge on any atom is 0.276 e. The lowest BCUT2D eigenvalue weighted by molar-refractivity contribution is -0.119. The number of aromatic amines is 1. The molecule has 7 nitrogen and oxygen atoms in total. The molecule has 128 valence electrons. The molecule has 0 radical (unpaired) electrons. The van der Waals surface area contributed by atoms with Gasteiger partial charge in [0.1, 0.15) is 6.04 Å². The number of aromatic nitrogens is 3. The Morgan fingerprint density at radius 1 is 1.50 bits per heavy atom. The molecule has 0 aromatic carbocycles. The monoisotopic (exact) mass is 411 g/mol. The Kier molecular flexibility index (Phi) is 5.00. The number of carbonyl (C=O) groups excluding carboxylic acids is 2. The predicted octanol–water partition coefficient (Wildman–Crippen LogP) is 3.00. The first-order valence-corrected chi connectivity index (χ1v) is 9.41. The molecule has 3 rings (SSSR count). The van der Waals surface area contributed by atoms with Crippen molar-refractivity contribution in [3.05, 3.63) is 27.4 Å². The number of anilines is 1. The molecule has 1 aliphatic heterocycles. The van der Waals surface area contributed by atoms with E-state index in [1.165, 1.54) is 11.3 Å². The number of hydrogen-bond acceptors (Lipinski definition) is 5. The fourth-order valence-electron chi connectivity index (χ4n) is 2.76. The van der Waals surface area contributed by atoms with Crippen LogP contribution in [0.1, 0.15) is 48.8 Å². The number of thiazole rings is 1. The highest BCUT2D eigenvalue weighted by molar-refractivity contribution is 9.10. The summed E-state index contributed by atoms with van der Waals surface area (Å²) in [5, 5.41) is 12.2. The summed E-state index contributed by atoms with van der Waals surface area (Å²) in [4.78, 5) is 31.0. The normalized spacial score (nSPS) is 17.5. The summed E-state index contributed by atoms with van der Waals surface area (Å²) in [6, 6.07) is -0.493. The van der Waals surface area contributed by atoms with E-state index in [9.17, 15) is 9.59 Å². The molecule has 0 bridgehead atoms. The van der Waals surface area contributed by atoms with Crippen molar-refractivity contribution in [3.63, 3.8) is 0 Å². The maximum absolute atomic E-state index is 12.8. The molecule has 1 fully saturated rings. The molecule has 1 saturated heterocycles. The third kappa shape index (κ3) is 3.23. The molecule has 2 N–H and O–H groups in total. The lowest BCUT2D eigenvalue weighted by Gasteiger charge is -2.22. The summed E-state index contributed by atoms with van der Waals surface area (Å²) in [5.74, 6) is -0.218. The van der Waals surface area contributed by atoms with Gasteiger partial charge < -0.3 is 10.2 Å². The number of nitrogens with zero attached hydrogens (tertiary/aromatic N) is 3. The zero-order chi connectivity index (χ0) is 17.3. The minimum Gasteiger partial charge on any atom is -0.325 e. The summed E-state index contributed by atoms with van der Waals surface area (Å²) in [5.41, 5.74) is 1.20. The second-order valence-corrected chi connectivity index (χ2v) is 7.63. The van der Waals surface area contributed by atoms with Crippen LogP contribution in [0.4, 0.5) is 5.13 Å². The van der Waals surface area contributed by atoms with E-state index in [1.54, 1.807) is 16.5 Å². The number of carbonyl (C=O) groups is 2. The average Bonchev–Trinajstić information content (AvgIpc) is 3.26. The lowest BCUT2D eigenvalue weighted by atomic mass is 10.1. The first-order valence-electron chi connectivity index (χ1n) is 7.74. The molecule has 2 aromatic rings. The van der Waals surface area contributed by atoms with Gasteiger partial charge in [0.2, 0.25) is 5.91 Å². The molecule has 0 saturated carbocycles. The molecule has 1 unspecified atom stereocenters. The van der Waals surface area contributed by atoms with E-state index in [0.717, 1.165) is 12.1 Å². The Labute approximate surface area is 152 Å². The molecule has 2 aromatic heterocycles. The van der Waals surface area contributed by atoms with Gasteiger partial charge in [-0.1, -0.05) is 13.8 Å². The molecule has 1 aliphatic rings. The van der Waals surface area contributed by atoms with E-state index >= 15 is 0 Å². The molecule has 0 spiro atoms. The van der Waals surface area contributed by atoms with Crippen LogP contribution in [0.15, 0.2) is 16.0 Å². The maximum atomic E-state index is 12.8. The molecule has 2 amide bonds. The standard InChI is InChI=1S/C15H18BrN5O2S/c1-8(2)11-10(16)12(20-19-11)14(23)21-6-3-4-9(21)13(22)18-15-17-5-7-24-15/h5,7-9H,3-4,6H2,1-2H3,(H,19,20)(H,17,18,22). The van der Waals surface area contributed by atoms with Crippen LogP contribution in [0.5, 0.6) is 0 Å². The van der Waals surface area contributed by atoms with Gasteiger partial charge in [0, 0.05) is 18.1 Å². The van der Waals surface area contributed by atoms with Crippen molar-refractivity contribution < 1.29 is 9.59 Å². The van der Waals surface area contributed by atoms with Crippen molar-refractivity contribution in [2.45, 2.75) is 38.6 Å². The molecular formula is C15H18BrN5O2S. The van der Waals surface area contributed by atoms with Crippen LogP contribution in [-0.2, 0) is 4.79 Å². The second kappa shape index (κ2) is 7.02. The number of amides is 2. The quantitative estimate of drug-likeness (QED) is 0.808. The largest absolute Gasteiger partial charge is 0.325 e. The smallest absolute Gasteiger partial charge is 0.276 e. The predicted molar refractivity (Wildman–Crippen MR) is 95.2 cm³/mol. The highest BCUT2D eigenvalue weighted by Crippen LogP contribution is 2.29. The number of rotatable bonds is 4. The number of H-pyrrole nitrogens is 1. The van der Waals surface area contributed by atoms with Gasteiger partial charge in [0.05, 0.1) is 10.2 Å². The Morgan fingerprint density at radius 3 is 2.92 bits per heavy atom. The summed E-state index contributed by atoms with van der Waals surface area (Å²) in [6.45, 7) is 4.59. The van der Waals surface area contributed by atoms with E-state index in [2.05, 4.69) is 36.4 Å². The summed E-state index contributed by atoms with van der Waals surface area (Å²) < 4.78 is 0.675. The number of halogens is 1. The Bertz CT molecular complexity index is 743. The Hall–Kier alpha value is -1.74. The minimum absolute atomic E-state index is 0.202. The molecular weight excluding hydrogens is 394 g/mol. The number of nitrogens with one attached hydrogen (secondary N) is 2. The van der Waals surface area contributed by atoms with Gasteiger partial charge in [-0.25, -0.2) is 4.98 Å². The zero-order valence-electron chi connectivity index (χ0n) is 13.4. The van der Waals surface area contributed by atoms with E-state index in [0.29, 0.717) is 28.3 Å². The molecule has 3 heterocycles. The molecule has 1 atom stereocenters. The van der Waals surface area contributed by atoms with Crippen molar-refractivity contribution >= 4 is 44.2 Å². The molecule has 24 heavy (non-hydrogen) atoms. The van der Waals surface area contributed by atoms with Crippen LogP contribution >= 0.6 is 27.3 Å². The van der Waals surface area contributed by atoms with Gasteiger partial charge in [-0.2, -0.15) is 5.10 Å². The Morgan fingerprint density at radius 2 is 2.29 bits per heavy atom.